The van der Waals surface area contributed by atoms with Crippen molar-refractivity contribution < 1.29 is 4.42 Å². The van der Waals surface area contributed by atoms with Crippen molar-refractivity contribution in [3.05, 3.63) is 28.3 Å². The van der Waals surface area contributed by atoms with Crippen molar-refractivity contribution in [2.45, 2.75) is 25.9 Å². The topological polar surface area (TPSA) is 54.2 Å². The average molecular weight is 266 g/mol. The predicted octanol–water partition coefficient (Wildman–Crippen LogP) is 2.24. The molecule has 1 N–H and O–H groups in total. The molecule has 0 saturated carbocycles. The summed E-state index contributed by atoms with van der Waals surface area (Å²) in [5, 5.41) is 15.4. The molecule has 2 aromatic rings. The number of rotatable bonds is 6. The van der Waals surface area contributed by atoms with E-state index in [1.165, 1.54) is 5.56 Å². The third-order valence-electron chi connectivity index (χ3n) is 2.41. The molecule has 2 heterocycles. The minimum Gasteiger partial charge on any atom is -0.407 e. The molecule has 0 radical (unpaired) electrons. The predicted molar refractivity (Wildman–Crippen MR) is 72.8 cm³/mol. The van der Waals surface area contributed by atoms with E-state index in [2.05, 4.69) is 39.3 Å². The number of thiophene rings is 1. The second-order valence-electron chi connectivity index (χ2n) is 4.62. The van der Waals surface area contributed by atoms with Crippen LogP contribution in [0.4, 0.5) is 6.01 Å². The highest BCUT2D eigenvalue weighted by Gasteiger charge is 2.10. The first-order chi connectivity index (χ1) is 8.63. The summed E-state index contributed by atoms with van der Waals surface area (Å²) in [5.41, 5.74) is 1.33. The fraction of sp³-hybridized carbons (Fsp3) is 0.500. The van der Waals surface area contributed by atoms with Gasteiger partial charge in [-0.25, -0.2) is 0 Å². The molecule has 0 bridgehead atoms. The molecule has 1 atom stereocenters. The van der Waals surface area contributed by atoms with Crippen LogP contribution < -0.4 is 5.32 Å². The van der Waals surface area contributed by atoms with E-state index in [1.54, 1.807) is 11.3 Å². The highest BCUT2D eigenvalue weighted by molar-refractivity contribution is 7.07. The first kappa shape index (κ1) is 13.0. The largest absolute Gasteiger partial charge is 0.407 e. The summed E-state index contributed by atoms with van der Waals surface area (Å²) in [6.45, 7) is 2.76. The molecule has 0 aromatic carbocycles. The van der Waals surface area contributed by atoms with Gasteiger partial charge in [0.05, 0.1) is 6.54 Å². The van der Waals surface area contributed by atoms with Crippen molar-refractivity contribution in [2.24, 2.45) is 0 Å². The Morgan fingerprint density at radius 3 is 2.94 bits per heavy atom. The number of hydrogen-bond acceptors (Lipinski definition) is 6. The molecule has 0 fully saturated rings. The summed E-state index contributed by atoms with van der Waals surface area (Å²) < 4.78 is 5.51. The zero-order chi connectivity index (χ0) is 13.0. The average Bonchev–Trinajstić information content (AvgIpc) is 2.89. The van der Waals surface area contributed by atoms with Crippen molar-refractivity contribution in [2.75, 3.05) is 19.4 Å². The van der Waals surface area contributed by atoms with Crippen LogP contribution in [-0.2, 0) is 13.0 Å². The number of nitrogens with one attached hydrogen (secondary N) is 1. The van der Waals surface area contributed by atoms with Gasteiger partial charge in [0.2, 0.25) is 5.89 Å². The Hall–Kier alpha value is -1.40. The van der Waals surface area contributed by atoms with E-state index in [1.807, 2.05) is 19.0 Å². The van der Waals surface area contributed by atoms with Gasteiger partial charge in [0.15, 0.2) is 0 Å². The lowest BCUT2D eigenvalue weighted by atomic mass is 10.1. The molecule has 0 amide bonds. The molecule has 1 unspecified atom stereocenters. The Balaban J connectivity index is 1.87. The van der Waals surface area contributed by atoms with Crippen molar-refractivity contribution in [1.82, 2.24) is 15.1 Å². The van der Waals surface area contributed by atoms with Gasteiger partial charge in [-0.3, -0.25) is 0 Å². The molecular formula is C12H18N4OS. The van der Waals surface area contributed by atoms with Crippen molar-refractivity contribution in [1.29, 1.82) is 0 Å². The van der Waals surface area contributed by atoms with E-state index in [9.17, 15) is 0 Å². The van der Waals surface area contributed by atoms with E-state index in [0.717, 1.165) is 6.42 Å². The maximum absolute atomic E-state index is 5.51. The summed E-state index contributed by atoms with van der Waals surface area (Å²) in [6.07, 6.45) is 0.953. The Bertz CT molecular complexity index is 466. The number of nitrogens with zero attached hydrogens (tertiary/aromatic N) is 3. The van der Waals surface area contributed by atoms with Crippen molar-refractivity contribution >= 4 is 17.4 Å². The van der Waals surface area contributed by atoms with Gasteiger partial charge in [0, 0.05) is 6.04 Å². The van der Waals surface area contributed by atoms with E-state index >= 15 is 0 Å². The van der Waals surface area contributed by atoms with Crippen LogP contribution in [0.15, 0.2) is 21.2 Å². The quantitative estimate of drug-likeness (QED) is 0.869. The third-order valence-corrected chi connectivity index (χ3v) is 3.14. The number of aromatic nitrogens is 2. The summed E-state index contributed by atoms with van der Waals surface area (Å²) in [6, 6.07) is 2.90. The van der Waals surface area contributed by atoms with E-state index in [-0.39, 0.29) is 6.04 Å². The zero-order valence-electron chi connectivity index (χ0n) is 10.9. The third kappa shape index (κ3) is 3.82. The molecule has 0 aliphatic carbocycles. The van der Waals surface area contributed by atoms with E-state index in [0.29, 0.717) is 18.5 Å². The van der Waals surface area contributed by atoms with Crippen LogP contribution in [0, 0.1) is 0 Å². The fourth-order valence-electron chi connectivity index (χ4n) is 1.67. The minimum atomic E-state index is 0.271. The van der Waals surface area contributed by atoms with Crippen LogP contribution in [0.2, 0.25) is 0 Å². The van der Waals surface area contributed by atoms with Gasteiger partial charge < -0.3 is 14.6 Å². The molecule has 6 heteroatoms. The first-order valence-corrected chi connectivity index (χ1v) is 6.82. The Morgan fingerprint density at radius 2 is 2.28 bits per heavy atom. The first-order valence-electron chi connectivity index (χ1n) is 5.88. The highest BCUT2D eigenvalue weighted by atomic mass is 32.1. The Kier molecular flexibility index (Phi) is 4.33. The lowest BCUT2D eigenvalue weighted by Gasteiger charge is -2.10. The van der Waals surface area contributed by atoms with Crippen molar-refractivity contribution in [3.63, 3.8) is 0 Å². The molecule has 0 aliphatic rings. The molecule has 2 aromatic heterocycles. The Morgan fingerprint density at radius 1 is 1.44 bits per heavy atom. The monoisotopic (exact) mass is 266 g/mol. The molecule has 2 rings (SSSR count). The normalized spacial score (nSPS) is 12.9. The van der Waals surface area contributed by atoms with Gasteiger partial charge >= 0.3 is 6.01 Å². The highest BCUT2D eigenvalue weighted by Crippen LogP contribution is 2.12. The van der Waals surface area contributed by atoms with Gasteiger partial charge in [-0.2, -0.15) is 11.3 Å². The molecule has 18 heavy (non-hydrogen) atoms. The SMILES string of the molecule is CC(Cc1ccsc1)Nc1nnc(CN(C)C)o1. The summed E-state index contributed by atoms with van der Waals surface area (Å²) >= 11 is 1.71. The van der Waals surface area contributed by atoms with E-state index in [4.69, 9.17) is 4.42 Å². The van der Waals surface area contributed by atoms with E-state index < -0.39 is 0 Å². The summed E-state index contributed by atoms with van der Waals surface area (Å²) in [5.74, 6) is 0.630. The second kappa shape index (κ2) is 5.97. The van der Waals surface area contributed by atoms with Crippen LogP contribution >= 0.6 is 11.3 Å². The van der Waals surface area contributed by atoms with Crippen LogP contribution in [-0.4, -0.2) is 35.2 Å². The Labute approximate surface area is 111 Å². The van der Waals surface area contributed by atoms with Gasteiger partial charge in [0.25, 0.3) is 0 Å². The van der Waals surface area contributed by atoms with Crippen LogP contribution in [0.1, 0.15) is 18.4 Å². The molecule has 0 spiro atoms. The van der Waals surface area contributed by atoms with Gasteiger partial charge in [-0.15, -0.1) is 5.10 Å². The molecule has 0 aliphatic heterocycles. The minimum absolute atomic E-state index is 0.271. The van der Waals surface area contributed by atoms with Gasteiger partial charge in [-0.05, 0) is 49.8 Å². The lowest BCUT2D eigenvalue weighted by molar-refractivity contribution is 0.344. The van der Waals surface area contributed by atoms with Crippen LogP contribution in [0.3, 0.4) is 0 Å². The molecule has 0 saturated heterocycles. The van der Waals surface area contributed by atoms with Crippen molar-refractivity contribution in [3.8, 4) is 0 Å². The number of anilines is 1. The van der Waals surface area contributed by atoms with Crippen LogP contribution in [0.5, 0.6) is 0 Å². The zero-order valence-corrected chi connectivity index (χ0v) is 11.7. The number of hydrogen-bond donors (Lipinski definition) is 1. The molecule has 5 nitrogen and oxygen atoms in total. The summed E-state index contributed by atoms with van der Waals surface area (Å²) in [4.78, 5) is 1.99. The smallest absolute Gasteiger partial charge is 0.315 e. The lowest BCUT2D eigenvalue weighted by Crippen LogP contribution is -2.17. The summed E-state index contributed by atoms with van der Waals surface area (Å²) in [7, 11) is 3.94. The maximum Gasteiger partial charge on any atom is 0.315 e. The standard InChI is InChI=1S/C12H18N4OS/c1-9(6-10-4-5-18-8-10)13-12-15-14-11(17-12)7-16(2)3/h4-5,8-9H,6-7H2,1-3H3,(H,13,15). The maximum atomic E-state index is 5.51. The van der Waals surface area contributed by atoms with Crippen LogP contribution in [0.25, 0.3) is 0 Å². The fourth-order valence-corrected chi connectivity index (χ4v) is 2.35. The molecular weight excluding hydrogens is 248 g/mol. The second-order valence-corrected chi connectivity index (χ2v) is 5.40. The molecule has 98 valence electrons. The van der Waals surface area contributed by atoms with Gasteiger partial charge in [-0.1, -0.05) is 5.10 Å². The van der Waals surface area contributed by atoms with Gasteiger partial charge in [0.1, 0.15) is 0 Å².